The fourth-order valence-corrected chi connectivity index (χ4v) is 3.44. The van der Waals surface area contributed by atoms with Crippen molar-refractivity contribution in [2.24, 2.45) is 0 Å². The SMILES string of the molecule is Cc1ccc(NC(=O)/C(C#N)=C/c2cc(Cl)cc(Cl)c2OCc2ccc(C(=O)O)cc2)cc1. The molecule has 0 radical (unpaired) electrons. The molecule has 0 aromatic heterocycles. The highest BCUT2D eigenvalue weighted by molar-refractivity contribution is 6.36. The van der Waals surface area contributed by atoms with Gasteiger partial charge in [0.25, 0.3) is 5.91 Å². The Kier molecular flexibility index (Phi) is 7.73. The van der Waals surface area contributed by atoms with Gasteiger partial charge < -0.3 is 15.2 Å². The van der Waals surface area contributed by atoms with E-state index >= 15 is 0 Å². The summed E-state index contributed by atoms with van der Waals surface area (Å²) in [4.78, 5) is 23.6. The molecule has 6 nitrogen and oxygen atoms in total. The molecular formula is C25H18Cl2N2O4. The Balaban J connectivity index is 1.85. The zero-order valence-corrected chi connectivity index (χ0v) is 18.9. The van der Waals surface area contributed by atoms with Crippen molar-refractivity contribution in [3.8, 4) is 11.8 Å². The highest BCUT2D eigenvalue weighted by Crippen LogP contribution is 2.34. The van der Waals surface area contributed by atoms with Gasteiger partial charge in [-0.1, -0.05) is 53.0 Å². The van der Waals surface area contributed by atoms with Gasteiger partial charge in [-0.2, -0.15) is 5.26 Å². The molecule has 3 aromatic rings. The minimum absolute atomic E-state index is 0.0829. The molecule has 2 N–H and O–H groups in total. The first kappa shape index (κ1) is 23.9. The second-order valence-electron chi connectivity index (χ2n) is 7.09. The molecular weight excluding hydrogens is 463 g/mol. The number of carbonyl (C=O) groups is 2. The van der Waals surface area contributed by atoms with Crippen molar-refractivity contribution in [3.63, 3.8) is 0 Å². The number of carbonyl (C=O) groups excluding carboxylic acids is 1. The predicted octanol–water partition coefficient (Wildman–Crippen LogP) is 6.12. The number of nitrogens with zero attached hydrogens (tertiary/aromatic N) is 1. The summed E-state index contributed by atoms with van der Waals surface area (Å²) in [7, 11) is 0. The Labute approximate surface area is 200 Å². The second-order valence-corrected chi connectivity index (χ2v) is 7.93. The lowest BCUT2D eigenvalue weighted by molar-refractivity contribution is -0.112. The number of benzene rings is 3. The fraction of sp³-hybridized carbons (Fsp3) is 0.0800. The summed E-state index contributed by atoms with van der Waals surface area (Å²) in [5, 5.41) is 21.8. The molecule has 0 heterocycles. The molecule has 3 aromatic carbocycles. The highest BCUT2D eigenvalue weighted by atomic mass is 35.5. The maximum atomic E-state index is 12.6. The number of halogens is 2. The molecule has 166 valence electrons. The minimum Gasteiger partial charge on any atom is -0.487 e. The maximum absolute atomic E-state index is 12.6. The van der Waals surface area contributed by atoms with E-state index in [-0.39, 0.29) is 28.5 Å². The Morgan fingerprint density at radius 1 is 1.09 bits per heavy atom. The normalized spacial score (nSPS) is 10.9. The van der Waals surface area contributed by atoms with Gasteiger partial charge in [-0.3, -0.25) is 4.79 Å². The smallest absolute Gasteiger partial charge is 0.335 e. The van der Waals surface area contributed by atoms with Gasteiger partial charge >= 0.3 is 5.97 Å². The van der Waals surface area contributed by atoms with Crippen LogP contribution < -0.4 is 10.1 Å². The van der Waals surface area contributed by atoms with Crippen LogP contribution in [0.3, 0.4) is 0 Å². The monoisotopic (exact) mass is 480 g/mol. The highest BCUT2D eigenvalue weighted by Gasteiger charge is 2.15. The molecule has 0 spiro atoms. The average molecular weight is 481 g/mol. The lowest BCUT2D eigenvalue weighted by atomic mass is 10.1. The molecule has 33 heavy (non-hydrogen) atoms. The van der Waals surface area contributed by atoms with Gasteiger partial charge in [-0.25, -0.2) is 4.79 Å². The maximum Gasteiger partial charge on any atom is 0.335 e. The molecule has 0 aliphatic carbocycles. The summed E-state index contributed by atoms with van der Waals surface area (Å²) in [6, 6.07) is 18.3. The summed E-state index contributed by atoms with van der Waals surface area (Å²) >= 11 is 12.4. The van der Waals surface area contributed by atoms with Gasteiger partial charge in [-0.15, -0.1) is 0 Å². The fourth-order valence-electron chi connectivity index (χ4n) is 2.88. The molecule has 0 unspecified atom stereocenters. The first-order valence-corrected chi connectivity index (χ1v) is 10.5. The summed E-state index contributed by atoms with van der Waals surface area (Å²) < 4.78 is 5.84. The second kappa shape index (κ2) is 10.7. The molecule has 0 bridgehead atoms. The number of carboxylic acid groups (broad SMARTS) is 1. The van der Waals surface area contributed by atoms with Gasteiger partial charge in [0.1, 0.15) is 24.0 Å². The van der Waals surface area contributed by atoms with Crippen LogP contribution in [0, 0.1) is 18.3 Å². The molecule has 0 aliphatic rings. The molecule has 0 saturated heterocycles. The molecule has 8 heteroatoms. The molecule has 0 aliphatic heterocycles. The first-order chi connectivity index (χ1) is 15.8. The van der Waals surface area contributed by atoms with E-state index in [0.717, 1.165) is 5.56 Å². The van der Waals surface area contributed by atoms with Crippen LogP contribution in [-0.2, 0) is 11.4 Å². The quantitative estimate of drug-likeness (QED) is 0.313. The van der Waals surface area contributed by atoms with Crippen LogP contribution in [0.15, 0.2) is 66.2 Å². The van der Waals surface area contributed by atoms with Gasteiger partial charge in [0, 0.05) is 16.3 Å². The van der Waals surface area contributed by atoms with Crippen LogP contribution in [0.1, 0.15) is 27.0 Å². The summed E-state index contributed by atoms with van der Waals surface area (Å²) in [6.45, 7) is 2.01. The van der Waals surface area contributed by atoms with Crippen LogP contribution in [0.25, 0.3) is 6.08 Å². The largest absolute Gasteiger partial charge is 0.487 e. The minimum atomic E-state index is -1.02. The van der Waals surface area contributed by atoms with E-state index in [9.17, 15) is 14.9 Å². The van der Waals surface area contributed by atoms with Gasteiger partial charge in [0.15, 0.2) is 0 Å². The van der Waals surface area contributed by atoms with Crippen molar-refractivity contribution in [1.82, 2.24) is 0 Å². The van der Waals surface area contributed by atoms with Crippen LogP contribution >= 0.6 is 23.2 Å². The molecule has 0 atom stereocenters. The zero-order valence-electron chi connectivity index (χ0n) is 17.4. The number of aromatic carboxylic acids is 1. The van der Waals surface area contributed by atoms with Crippen molar-refractivity contribution in [2.75, 3.05) is 5.32 Å². The van der Waals surface area contributed by atoms with Crippen LogP contribution in [-0.4, -0.2) is 17.0 Å². The third-order valence-electron chi connectivity index (χ3n) is 4.60. The van der Waals surface area contributed by atoms with Crippen LogP contribution in [0.2, 0.25) is 10.0 Å². The van der Waals surface area contributed by atoms with Crippen molar-refractivity contribution in [3.05, 3.63) is 98.5 Å². The number of nitriles is 1. The van der Waals surface area contributed by atoms with Crippen LogP contribution in [0.4, 0.5) is 5.69 Å². The van der Waals surface area contributed by atoms with E-state index in [0.29, 0.717) is 21.8 Å². The number of hydrogen-bond acceptors (Lipinski definition) is 4. The average Bonchev–Trinajstić information content (AvgIpc) is 2.78. The van der Waals surface area contributed by atoms with Gasteiger partial charge in [0.05, 0.1) is 10.6 Å². The zero-order chi connectivity index (χ0) is 24.0. The standard InChI is InChI=1S/C25H18Cl2N2O4/c1-15-2-8-21(9-3-15)29-24(30)19(13-28)10-18-11-20(26)12-22(27)23(18)33-14-16-4-6-17(7-5-16)25(31)32/h2-12H,14H2,1H3,(H,29,30)(H,31,32)/b19-10+. The molecule has 0 saturated carbocycles. The van der Waals surface area contributed by atoms with E-state index in [2.05, 4.69) is 5.32 Å². The van der Waals surface area contributed by atoms with E-state index in [1.165, 1.54) is 30.3 Å². The lowest BCUT2D eigenvalue weighted by Gasteiger charge is -2.13. The van der Waals surface area contributed by atoms with E-state index in [1.54, 1.807) is 24.3 Å². The third kappa shape index (κ3) is 6.36. The van der Waals surface area contributed by atoms with E-state index in [4.69, 9.17) is 33.0 Å². The van der Waals surface area contributed by atoms with Crippen LogP contribution in [0.5, 0.6) is 5.75 Å². The summed E-state index contributed by atoms with van der Waals surface area (Å²) in [5.74, 6) is -1.38. The number of aryl methyl sites for hydroxylation is 1. The Bertz CT molecular complexity index is 1260. The Morgan fingerprint density at radius 2 is 1.76 bits per heavy atom. The molecule has 3 rings (SSSR count). The Morgan fingerprint density at radius 3 is 2.36 bits per heavy atom. The Hall–Kier alpha value is -3.79. The number of amides is 1. The van der Waals surface area contributed by atoms with Gasteiger partial charge in [-0.05, 0) is 55.0 Å². The number of ether oxygens (including phenoxy) is 1. The number of carboxylic acids is 1. The topological polar surface area (TPSA) is 99.4 Å². The third-order valence-corrected chi connectivity index (χ3v) is 5.09. The number of hydrogen-bond donors (Lipinski definition) is 2. The van der Waals surface area contributed by atoms with Crippen molar-refractivity contribution in [2.45, 2.75) is 13.5 Å². The first-order valence-electron chi connectivity index (χ1n) is 9.70. The lowest BCUT2D eigenvalue weighted by Crippen LogP contribution is -2.13. The van der Waals surface area contributed by atoms with Gasteiger partial charge in [0.2, 0.25) is 0 Å². The van der Waals surface area contributed by atoms with Crippen molar-refractivity contribution < 1.29 is 19.4 Å². The summed E-state index contributed by atoms with van der Waals surface area (Å²) in [6.07, 6.45) is 1.35. The predicted molar refractivity (Wildman–Crippen MR) is 128 cm³/mol. The molecule has 0 fully saturated rings. The van der Waals surface area contributed by atoms with E-state index < -0.39 is 11.9 Å². The number of anilines is 1. The summed E-state index contributed by atoms with van der Waals surface area (Å²) in [5.41, 5.74) is 2.65. The van der Waals surface area contributed by atoms with Crippen molar-refractivity contribution in [1.29, 1.82) is 5.26 Å². The number of nitrogens with one attached hydrogen (secondary N) is 1. The van der Waals surface area contributed by atoms with Crippen molar-refractivity contribution >= 4 is 46.8 Å². The molecule has 1 amide bonds. The van der Waals surface area contributed by atoms with E-state index in [1.807, 2.05) is 25.1 Å². The number of rotatable bonds is 7.